The number of hydrogen-bond donors (Lipinski definition) is 1. The number of amides is 2. The zero-order valence-corrected chi connectivity index (χ0v) is 25.3. The van der Waals surface area contributed by atoms with Gasteiger partial charge in [0, 0.05) is 36.1 Å². The Kier molecular flexibility index (Phi) is 10.8. The summed E-state index contributed by atoms with van der Waals surface area (Å²) in [7, 11) is -2.63. The number of nitrogens with one attached hydrogen (secondary N) is 1. The van der Waals surface area contributed by atoms with Crippen LogP contribution in [0.5, 0.6) is 0 Å². The van der Waals surface area contributed by atoms with Gasteiger partial charge in [0.05, 0.1) is 11.4 Å². The molecule has 1 atom stereocenters. The van der Waals surface area contributed by atoms with Crippen molar-refractivity contribution in [1.82, 2.24) is 14.5 Å². The van der Waals surface area contributed by atoms with E-state index in [1.54, 1.807) is 18.2 Å². The molecule has 3 aromatic carbocycles. The number of sulfonamides is 1. The van der Waals surface area contributed by atoms with Crippen molar-refractivity contribution >= 4 is 45.0 Å². The van der Waals surface area contributed by atoms with Crippen molar-refractivity contribution < 1.29 is 18.0 Å². The molecule has 1 fully saturated rings. The molecular weight excluding hydrogens is 581 g/mol. The zero-order chi connectivity index (χ0) is 29.4. The molecule has 1 aliphatic rings. The van der Waals surface area contributed by atoms with Crippen molar-refractivity contribution in [2.24, 2.45) is 0 Å². The Morgan fingerprint density at radius 3 is 2.20 bits per heavy atom. The maximum atomic E-state index is 14.0. The van der Waals surface area contributed by atoms with Gasteiger partial charge in [-0.3, -0.25) is 9.59 Å². The van der Waals surface area contributed by atoms with E-state index in [2.05, 4.69) is 5.32 Å². The van der Waals surface area contributed by atoms with E-state index >= 15 is 0 Å². The van der Waals surface area contributed by atoms with Gasteiger partial charge in [-0.2, -0.15) is 4.31 Å². The number of hydrogen-bond acceptors (Lipinski definition) is 4. The summed E-state index contributed by atoms with van der Waals surface area (Å²) < 4.78 is 27.6. The fourth-order valence-corrected chi connectivity index (χ4v) is 6.54. The summed E-state index contributed by atoms with van der Waals surface area (Å²) in [5.74, 6) is -0.746. The van der Waals surface area contributed by atoms with Crippen LogP contribution in [0.1, 0.15) is 43.2 Å². The summed E-state index contributed by atoms with van der Waals surface area (Å²) in [6.45, 7) is -0.364. The molecule has 1 aliphatic carbocycles. The Balaban J connectivity index is 1.66. The summed E-state index contributed by atoms with van der Waals surface area (Å²) in [4.78, 5) is 29.4. The first-order valence-corrected chi connectivity index (χ1v) is 15.9. The van der Waals surface area contributed by atoms with Gasteiger partial charge in [-0.15, -0.1) is 0 Å². The zero-order valence-electron chi connectivity index (χ0n) is 23.0. The summed E-state index contributed by atoms with van der Waals surface area (Å²) in [6, 6.07) is 21.6. The molecule has 41 heavy (non-hydrogen) atoms. The number of carbonyl (C=O) groups is 2. The summed E-state index contributed by atoms with van der Waals surface area (Å²) in [5, 5.41) is 4.09. The van der Waals surface area contributed by atoms with Crippen LogP contribution >= 0.6 is 23.2 Å². The molecule has 0 heterocycles. The highest BCUT2D eigenvalue weighted by Gasteiger charge is 2.34. The highest BCUT2D eigenvalue weighted by atomic mass is 35.5. The van der Waals surface area contributed by atoms with Gasteiger partial charge in [-0.1, -0.05) is 84.9 Å². The van der Waals surface area contributed by atoms with Gasteiger partial charge in [0.2, 0.25) is 21.8 Å². The fraction of sp³-hybridized carbons (Fsp3) is 0.355. The molecule has 1 N–H and O–H groups in total. The second kappa shape index (κ2) is 14.3. The average Bonchev–Trinajstić information content (AvgIpc) is 2.96. The fourth-order valence-electron chi connectivity index (χ4n) is 5.08. The molecule has 0 unspecified atom stereocenters. The quantitative estimate of drug-likeness (QED) is 0.300. The first kappa shape index (κ1) is 31.0. The van der Waals surface area contributed by atoms with Crippen LogP contribution in [0.15, 0.2) is 83.8 Å². The largest absolute Gasteiger partial charge is 0.352 e. The molecule has 0 aromatic heterocycles. The van der Waals surface area contributed by atoms with E-state index in [1.165, 1.54) is 36.2 Å². The number of rotatable bonds is 11. The first-order chi connectivity index (χ1) is 19.6. The first-order valence-electron chi connectivity index (χ1n) is 13.7. The van der Waals surface area contributed by atoms with Crippen LogP contribution in [0, 0.1) is 0 Å². The molecule has 7 nitrogen and oxygen atoms in total. The standard InChI is InChI=1S/C31H35Cl2N3O4S/c1-35(41(39,40)28-17-15-25(32)16-18-28)22-30(37)36(21-24-11-8-12-26(33)19-24)29(20-23-9-4-2-5-10-23)31(38)34-27-13-6-3-7-14-27/h2,4-5,8-12,15-19,27,29H,3,6-7,13-14,20-22H2,1H3,(H,34,38)/t29-/m0/s1. The normalized spacial score (nSPS) is 14.9. The Hall–Kier alpha value is -2.91. The van der Waals surface area contributed by atoms with E-state index in [-0.39, 0.29) is 29.8 Å². The van der Waals surface area contributed by atoms with Gasteiger partial charge in [0.1, 0.15) is 6.04 Å². The third kappa shape index (κ3) is 8.55. The lowest BCUT2D eigenvalue weighted by Gasteiger charge is -2.34. The molecule has 3 aromatic rings. The molecule has 1 saturated carbocycles. The van der Waals surface area contributed by atoms with E-state index in [0.29, 0.717) is 10.0 Å². The van der Waals surface area contributed by atoms with Gasteiger partial charge in [-0.05, 0) is 60.4 Å². The maximum absolute atomic E-state index is 14.0. The molecule has 0 bridgehead atoms. The van der Waals surface area contributed by atoms with E-state index in [4.69, 9.17) is 23.2 Å². The highest BCUT2D eigenvalue weighted by Crippen LogP contribution is 2.22. The lowest BCUT2D eigenvalue weighted by Crippen LogP contribution is -2.54. The minimum absolute atomic E-state index is 0.0227. The van der Waals surface area contributed by atoms with Crippen molar-refractivity contribution in [3.8, 4) is 0 Å². The van der Waals surface area contributed by atoms with Gasteiger partial charge in [0.25, 0.3) is 0 Å². The Bertz CT molecular complexity index is 1430. The van der Waals surface area contributed by atoms with Crippen molar-refractivity contribution in [2.75, 3.05) is 13.6 Å². The van der Waals surface area contributed by atoms with E-state index < -0.39 is 28.5 Å². The van der Waals surface area contributed by atoms with E-state index in [0.717, 1.165) is 47.5 Å². The number of halogens is 2. The molecule has 4 rings (SSSR count). The number of carbonyl (C=O) groups excluding carboxylic acids is 2. The summed E-state index contributed by atoms with van der Waals surface area (Å²) in [6.07, 6.45) is 5.31. The van der Waals surface area contributed by atoms with Crippen LogP contribution in [0.2, 0.25) is 10.0 Å². The Labute approximate surface area is 252 Å². The Morgan fingerprint density at radius 2 is 1.54 bits per heavy atom. The SMILES string of the molecule is CN(CC(=O)N(Cc1cccc(Cl)c1)[C@@H](Cc1ccccc1)C(=O)NC1CCCCC1)S(=O)(=O)c1ccc(Cl)cc1. The van der Waals surface area contributed by atoms with Gasteiger partial charge in [-0.25, -0.2) is 8.42 Å². The third-order valence-electron chi connectivity index (χ3n) is 7.34. The highest BCUT2D eigenvalue weighted by molar-refractivity contribution is 7.89. The van der Waals surface area contributed by atoms with Crippen LogP contribution in [-0.2, 0) is 32.6 Å². The maximum Gasteiger partial charge on any atom is 0.243 e. The lowest BCUT2D eigenvalue weighted by atomic mass is 9.94. The van der Waals surface area contributed by atoms with Crippen molar-refractivity contribution in [3.63, 3.8) is 0 Å². The average molecular weight is 617 g/mol. The van der Waals surface area contributed by atoms with Crippen molar-refractivity contribution in [1.29, 1.82) is 0 Å². The predicted molar refractivity (Wildman–Crippen MR) is 162 cm³/mol. The minimum atomic E-state index is -3.99. The summed E-state index contributed by atoms with van der Waals surface area (Å²) in [5.41, 5.74) is 1.62. The number of nitrogens with zero attached hydrogens (tertiary/aromatic N) is 2. The predicted octanol–water partition coefficient (Wildman–Crippen LogP) is 5.70. The molecule has 0 saturated heterocycles. The van der Waals surface area contributed by atoms with Crippen LogP contribution in [0.4, 0.5) is 0 Å². The summed E-state index contributed by atoms with van der Waals surface area (Å²) >= 11 is 12.2. The van der Waals surface area contributed by atoms with Crippen LogP contribution in [0.3, 0.4) is 0 Å². The molecule has 0 spiro atoms. The monoisotopic (exact) mass is 615 g/mol. The second-order valence-corrected chi connectivity index (χ2v) is 13.3. The van der Waals surface area contributed by atoms with E-state index in [1.807, 2.05) is 36.4 Å². The number of benzene rings is 3. The lowest BCUT2D eigenvalue weighted by molar-refractivity contribution is -0.141. The molecule has 2 amide bonds. The van der Waals surface area contributed by atoms with Gasteiger partial charge < -0.3 is 10.2 Å². The smallest absolute Gasteiger partial charge is 0.243 e. The number of likely N-dealkylation sites (N-methyl/N-ethyl adjacent to an activating group) is 1. The van der Waals surface area contributed by atoms with Crippen LogP contribution in [0.25, 0.3) is 0 Å². The Morgan fingerprint density at radius 1 is 0.878 bits per heavy atom. The van der Waals surface area contributed by atoms with E-state index in [9.17, 15) is 18.0 Å². The molecular formula is C31H35Cl2N3O4S. The topological polar surface area (TPSA) is 86.8 Å². The molecule has 218 valence electrons. The third-order valence-corrected chi connectivity index (χ3v) is 9.65. The molecule has 0 aliphatic heterocycles. The van der Waals surface area contributed by atoms with Gasteiger partial charge >= 0.3 is 0 Å². The van der Waals surface area contributed by atoms with Crippen LogP contribution < -0.4 is 5.32 Å². The molecule has 0 radical (unpaired) electrons. The van der Waals surface area contributed by atoms with Gasteiger partial charge in [0.15, 0.2) is 0 Å². The van der Waals surface area contributed by atoms with Crippen molar-refractivity contribution in [3.05, 3.63) is 100 Å². The van der Waals surface area contributed by atoms with Crippen molar-refractivity contribution in [2.45, 2.75) is 62.0 Å². The molecule has 10 heteroatoms. The van der Waals surface area contributed by atoms with Crippen LogP contribution in [-0.4, -0.2) is 55.1 Å². The second-order valence-electron chi connectivity index (χ2n) is 10.4. The minimum Gasteiger partial charge on any atom is -0.352 e.